The molecule has 0 aromatic heterocycles. The molecule has 1 aromatic rings. The van der Waals surface area contributed by atoms with Crippen molar-refractivity contribution in [3.05, 3.63) is 29.8 Å². The van der Waals surface area contributed by atoms with Gasteiger partial charge in [-0.3, -0.25) is 4.79 Å². The van der Waals surface area contributed by atoms with Crippen molar-refractivity contribution in [3.63, 3.8) is 0 Å². The first-order chi connectivity index (χ1) is 11.3. The summed E-state index contributed by atoms with van der Waals surface area (Å²) in [6, 6.07) is 7.19. The lowest BCUT2D eigenvalue weighted by atomic mass is 9.48. The lowest BCUT2D eigenvalue weighted by Crippen LogP contribution is -2.54. The fraction of sp³-hybridized carbons (Fsp3) is 0.650. The molecule has 4 bridgehead atoms. The van der Waals surface area contributed by atoms with Crippen LogP contribution in [0.25, 0.3) is 0 Å². The molecule has 1 N–H and O–H groups in total. The molecule has 0 aliphatic heterocycles. The summed E-state index contributed by atoms with van der Waals surface area (Å²) in [4.78, 5) is 14.7. The minimum atomic E-state index is 0.220. The Kier molecular flexibility index (Phi) is 3.94. The Balaban J connectivity index is 1.44. The van der Waals surface area contributed by atoms with Gasteiger partial charge in [-0.25, -0.2) is 0 Å². The molecule has 3 nitrogen and oxygen atoms in total. The number of alkyl halides is 1. The molecule has 0 spiro atoms. The number of amides is 1. The zero-order valence-corrected chi connectivity index (χ0v) is 15.9. The van der Waals surface area contributed by atoms with E-state index >= 15 is 0 Å². The summed E-state index contributed by atoms with van der Waals surface area (Å²) in [7, 11) is 1.89. The number of phenols is 1. The smallest absolute Gasteiger partial charge is 0.223 e. The van der Waals surface area contributed by atoms with Crippen molar-refractivity contribution in [2.24, 2.45) is 17.3 Å². The van der Waals surface area contributed by atoms with Crippen LogP contribution < -0.4 is 0 Å². The zero-order chi connectivity index (χ0) is 16.9. The van der Waals surface area contributed by atoms with Gasteiger partial charge in [0.2, 0.25) is 5.91 Å². The lowest BCUT2D eigenvalue weighted by Gasteiger charge is -2.60. The number of nitrogens with zero attached hydrogens (tertiary/aromatic N) is 1. The van der Waals surface area contributed by atoms with Gasteiger partial charge in [-0.1, -0.05) is 28.1 Å². The number of rotatable bonds is 4. The maximum absolute atomic E-state index is 12.9. The van der Waals surface area contributed by atoms with Crippen LogP contribution in [0.5, 0.6) is 5.75 Å². The maximum atomic E-state index is 12.9. The molecular formula is C20H26BrNO2. The Morgan fingerprint density at radius 3 is 2.62 bits per heavy atom. The van der Waals surface area contributed by atoms with E-state index in [1.54, 1.807) is 12.1 Å². The monoisotopic (exact) mass is 391 g/mol. The number of carbonyl (C=O) groups is 1. The zero-order valence-electron chi connectivity index (χ0n) is 14.3. The highest BCUT2D eigenvalue weighted by Gasteiger charge is 2.57. The van der Waals surface area contributed by atoms with E-state index in [0.717, 1.165) is 17.4 Å². The van der Waals surface area contributed by atoms with Gasteiger partial charge in [0.15, 0.2) is 0 Å². The molecule has 2 atom stereocenters. The van der Waals surface area contributed by atoms with Crippen LogP contribution in [0, 0.1) is 17.3 Å². The van der Waals surface area contributed by atoms with Crippen LogP contribution >= 0.6 is 15.9 Å². The second-order valence-corrected chi connectivity index (χ2v) is 10.4. The molecule has 130 valence electrons. The van der Waals surface area contributed by atoms with E-state index in [0.29, 0.717) is 17.3 Å². The Morgan fingerprint density at radius 2 is 2.00 bits per heavy atom. The molecule has 5 rings (SSSR count). The fourth-order valence-corrected chi connectivity index (χ4v) is 7.53. The molecular weight excluding hydrogens is 366 g/mol. The van der Waals surface area contributed by atoms with Crippen LogP contribution in [0.3, 0.4) is 0 Å². The van der Waals surface area contributed by atoms with Crippen LogP contribution in [-0.2, 0) is 11.3 Å². The first-order valence-electron chi connectivity index (χ1n) is 9.06. The summed E-state index contributed by atoms with van der Waals surface area (Å²) in [5.41, 5.74) is 1.20. The Bertz CT molecular complexity index is 645. The Morgan fingerprint density at radius 1 is 1.29 bits per heavy atom. The van der Waals surface area contributed by atoms with Crippen molar-refractivity contribution in [3.8, 4) is 5.75 Å². The van der Waals surface area contributed by atoms with Crippen LogP contribution in [-0.4, -0.2) is 27.3 Å². The van der Waals surface area contributed by atoms with Gasteiger partial charge in [-0.15, -0.1) is 0 Å². The van der Waals surface area contributed by atoms with Crippen molar-refractivity contribution in [1.29, 1.82) is 0 Å². The van der Waals surface area contributed by atoms with Gasteiger partial charge in [0.1, 0.15) is 5.75 Å². The highest BCUT2D eigenvalue weighted by Crippen LogP contribution is 2.65. The molecule has 4 saturated carbocycles. The number of aromatic hydroxyl groups is 1. The van der Waals surface area contributed by atoms with E-state index < -0.39 is 0 Å². The van der Waals surface area contributed by atoms with Gasteiger partial charge in [-0.05, 0) is 73.5 Å². The van der Waals surface area contributed by atoms with Gasteiger partial charge in [0.25, 0.3) is 0 Å². The highest BCUT2D eigenvalue weighted by molar-refractivity contribution is 9.10. The predicted molar refractivity (Wildman–Crippen MR) is 98.0 cm³/mol. The van der Waals surface area contributed by atoms with Crippen molar-refractivity contribution in [1.82, 2.24) is 4.90 Å². The van der Waals surface area contributed by atoms with Crippen LogP contribution in [0.2, 0.25) is 0 Å². The molecule has 1 aromatic carbocycles. The number of hydrogen-bond donors (Lipinski definition) is 1. The standard InChI is InChI=1S/C20H26BrNO2/c1-22(12-14-3-2-4-17(23)6-14)18(24)11-19-7-15-5-16(8-19)10-20(21,9-15)13-19/h2-4,6,15-16,23H,5,7-13H2,1H3. The van der Waals surface area contributed by atoms with E-state index in [1.165, 1.54) is 38.5 Å². The van der Waals surface area contributed by atoms with Gasteiger partial charge >= 0.3 is 0 Å². The summed E-state index contributed by atoms with van der Waals surface area (Å²) in [5, 5.41) is 9.60. The minimum Gasteiger partial charge on any atom is -0.508 e. The van der Waals surface area contributed by atoms with Gasteiger partial charge < -0.3 is 10.0 Å². The summed E-state index contributed by atoms with van der Waals surface area (Å²) >= 11 is 4.03. The number of halogens is 1. The summed E-state index contributed by atoms with van der Waals surface area (Å²) in [5.74, 6) is 2.14. The number of benzene rings is 1. The molecule has 0 radical (unpaired) electrons. The molecule has 0 saturated heterocycles. The van der Waals surface area contributed by atoms with E-state index in [9.17, 15) is 9.90 Å². The van der Waals surface area contributed by atoms with Crippen molar-refractivity contribution in [2.45, 2.75) is 55.8 Å². The van der Waals surface area contributed by atoms with Crippen LogP contribution in [0.15, 0.2) is 24.3 Å². The van der Waals surface area contributed by atoms with Crippen molar-refractivity contribution >= 4 is 21.8 Å². The minimum absolute atomic E-state index is 0.220. The third-order valence-corrected chi connectivity index (χ3v) is 7.32. The first-order valence-corrected chi connectivity index (χ1v) is 9.85. The van der Waals surface area contributed by atoms with E-state index in [2.05, 4.69) is 15.9 Å². The van der Waals surface area contributed by atoms with E-state index in [-0.39, 0.29) is 17.1 Å². The second-order valence-electron chi connectivity index (χ2n) is 8.71. The largest absolute Gasteiger partial charge is 0.508 e. The highest BCUT2D eigenvalue weighted by atomic mass is 79.9. The van der Waals surface area contributed by atoms with Gasteiger partial charge in [-0.2, -0.15) is 0 Å². The molecule has 4 aliphatic carbocycles. The quantitative estimate of drug-likeness (QED) is 0.768. The predicted octanol–water partition coefficient (Wildman–Crippen LogP) is 4.47. The third kappa shape index (κ3) is 3.10. The summed E-state index contributed by atoms with van der Waals surface area (Å²) in [6.07, 6.45) is 8.31. The normalized spacial score (nSPS) is 36.8. The second kappa shape index (κ2) is 5.76. The average Bonchev–Trinajstić information content (AvgIpc) is 2.43. The van der Waals surface area contributed by atoms with Crippen LogP contribution in [0.1, 0.15) is 50.5 Å². The number of carbonyl (C=O) groups excluding carboxylic acids is 1. The lowest BCUT2D eigenvalue weighted by molar-refractivity contribution is -0.137. The Labute approximate surface area is 152 Å². The Hall–Kier alpha value is -1.03. The number of hydrogen-bond acceptors (Lipinski definition) is 2. The molecule has 4 aliphatic rings. The first kappa shape index (κ1) is 16.4. The summed E-state index contributed by atoms with van der Waals surface area (Å²) in [6.45, 7) is 0.565. The van der Waals surface area contributed by atoms with Gasteiger partial charge in [0, 0.05) is 24.3 Å². The molecule has 4 heteroatoms. The molecule has 1 amide bonds. The van der Waals surface area contributed by atoms with E-state index in [1.807, 2.05) is 24.1 Å². The van der Waals surface area contributed by atoms with Crippen molar-refractivity contribution < 1.29 is 9.90 Å². The van der Waals surface area contributed by atoms with E-state index in [4.69, 9.17) is 0 Å². The molecule has 24 heavy (non-hydrogen) atoms. The van der Waals surface area contributed by atoms with Crippen LogP contribution in [0.4, 0.5) is 0 Å². The fourth-order valence-electron chi connectivity index (χ4n) is 6.02. The molecule has 2 unspecified atom stereocenters. The third-order valence-electron chi connectivity index (χ3n) is 6.39. The maximum Gasteiger partial charge on any atom is 0.223 e. The molecule has 0 heterocycles. The SMILES string of the molecule is CN(Cc1cccc(O)c1)C(=O)CC12CC3CC(CC(Br)(C3)C1)C2. The topological polar surface area (TPSA) is 40.5 Å². The van der Waals surface area contributed by atoms with Gasteiger partial charge in [0.05, 0.1) is 0 Å². The summed E-state index contributed by atoms with van der Waals surface area (Å²) < 4.78 is 0.307. The number of phenolic OH excluding ortho intramolecular Hbond substituents is 1. The average molecular weight is 392 g/mol. The molecule has 4 fully saturated rings. The van der Waals surface area contributed by atoms with Crippen molar-refractivity contribution in [2.75, 3.05) is 7.05 Å².